The molecule has 1 aliphatic heterocycles. The normalized spacial score (nSPS) is 19.9. The van der Waals surface area contributed by atoms with Crippen molar-refractivity contribution in [2.24, 2.45) is 5.92 Å². The lowest BCUT2D eigenvalue weighted by Gasteiger charge is -2.31. The molecule has 1 fully saturated rings. The Morgan fingerprint density at radius 2 is 2.28 bits per heavy atom. The van der Waals surface area contributed by atoms with Crippen molar-refractivity contribution in [1.29, 1.82) is 0 Å². The van der Waals surface area contributed by atoms with Crippen molar-refractivity contribution in [2.75, 3.05) is 11.4 Å². The zero-order chi connectivity index (χ0) is 13.1. The standard InChI is InChI=1S/C13H14ClNO3/c14-10-2-1-3-11(8-10)15-5-4-9(6-12(15)16)7-13(17)18/h1-3,8-9H,4-7H2,(H,17,18). The second-order valence-electron chi connectivity index (χ2n) is 4.48. The number of halogens is 1. The van der Waals surface area contributed by atoms with Crippen LogP contribution in [0.5, 0.6) is 0 Å². The molecule has 1 N–H and O–H groups in total. The number of anilines is 1. The highest BCUT2D eigenvalue weighted by atomic mass is 35.5. The maximum Gasteiger partial charge on any atom is 0.303 e. The van der Waals surface area contributed by atoms with Crippen molar-refractivity contribution < 1.29 is 14.7 Å². The predicted molar refractivity (Wildman–Crippen MR) is 68.8 cm³/mol. The maximum atomic E-state index is 12.0. The van der Waals surface area contributed by atoms with E-state index in [1.807, 2.05) is 6.07 Å². The molecule has 1 amide bonds. The summed E-state index contributed by atoms with van der Waals surface area (Å²) < 4.78 is 0. The van der Waals surface area contributed by atoms with Crippen LogP contribution in [-0.4, -0.2) is 23.5 Å². The SMILES string of the molecule is O=C(O)CC1CCN(c2cccc(Cl)c2)C(=O)C1. The zero-order valence-corrected chi connectivity index (χ0v) is 10.6. The number of aliphatic carboxylic acids is 1. The number of carbonyl (C=O) groups excluding carboxylic acids is 1. The first-order chi connectivity index (χ1) is 8.56. The highest BCUT2D eigenvalue weighted by Crippen LogP contribution is 2.27. The molecule has 1 heterocycles. The van der Waals surface area contributed by atoms with Gasteiger partial charge in [-0.05, 0) is 30.5 Å². The van der Waals surface area contributed by atoms with Gasteiger partial charge in [-0.2, -0.15) is 0 Å². The Balaban J connectivity index is 2.06. The van der Waals surface area contributed by atoms with E-state index in [0.29, 0.717) is 24.4 Å². The lowest BCUT2D eigenvalue weighted by molar-refractivity contribution is -0.138. The van der Waals surface area contributed by atoms with Crippen molar-refractivity contribution >= 4 is 29.2 Å². The van der Waals surface area contributed by atoms with Crippen molar-refractivity contribution in [2.45, 2.75) is 19.3 Å². The van der Waals surface area contributed by atoms with Crippen molar-refractivity contribution in [1.82, 2.24) is 0 Å². The highest BCUT2D eigenvalue weighted by Gasteiger charge is 2.28. The van der Waals surface area contributed by atoms with Gasteiger partial charge < -0.3 is 10.0 Å². The van der Waals surface area contributed by atoms with E-state index in [9.17, 15) is 9.59 Å². The number of benzene rings is 1. The summed E-state index contributed by atoms with van der Waals surface area (Å²) in [5, 5.41) is 9.32. The molecule has 1 aromatic rings. The first kappa shape index (κ1) is 12.9. The molecular formula is C13H14ClNO3. The van der Waals surface area contributed by atoms with Gasteiger partial charge in [0.15, 0.2) is 0 Å². The third-order valence-electron chi connectivity index (χ3n) is 3.11. The molecule has 0 saturated carbocycles. The monoisotopic (exact) mass is 267 g/mol. The van der Waals surface area contributed by atoms with E-state index >= 15 is 0 Å². The number of carboxylic acid groups (broad SMARTS) is 1. The molecule has 2 rings (SSSR count). The largest absolute Gasteiger partial charge is 0.481 e. The fourth-order valence-electron chi connectivity index (χ4n) is 2.23. The third-order valence-corrected chi connectivity index (χ3v) is 3.34. The van der Waals surface area contributed by atoms with E-state index in [0.717, 1.165) is 5.69 Å². The molecule has 0 radical (unpaired) electrons. The minimum absolute atomic E-state index is 0.0326. The average Bonchev–Trinajstić information content (AvgIpc) is 2.28. The maximum absolute atomic E-state index is 12.0. The molecule has 1 aliphatic rings. The molecule has 0 bridgehead atoms. The van der Waals surface area contributed by atoms with Crippen LogP contribution in [0.2, 0.25) is 5.02 Å². The Morgan fingerprint density at radius 3 is 2.89 bits per heavy atom. The molecule has 1 unspecified atom stereocenters. The number of hydrogen-bond acceptors (Lipinski definition) is 2. The zero-order valence-electron chi connectivity index (χ0n) is 9.80. The van der Waals surface area contributed by atoms with Crippen LogP contribution in [0.15, 0.2) is 24.3 Å². The van der Waals surface area contributed by atoms with Crippen LogP contribution in [0, 0.1) is 5.92 Å². The molecule has 1 aromatic carbocycles. The Bertz CT molecular complexity index is 475. The van der Waals surface area contributed by atoms with Gasteiger partial charge >= 0.3 is 5.97 Å². The number of nitrogens with zero attached hydrogens (tertiary/aromatic N) is 1. The Morgan fingerprint density at radius 1 is 1.50 bits per heavy atom. The molecule has 96 valence electrons. The fourth-order valence-corrected chi connectivity index (χ4v) is 2.42. The van der Waals surface area contributed by atoms with Crippen LogP contribution in [0.3, 0.4) is 0 Å². The van der Waals surface area contributed by atoms with Crippen LogP contribution in [0.25, 0.3) is 0 Å². The lowest BCUT2D eigenvalue weighted by Crippen LogP contribution is -2.39. The Kier molecular flexibility index (Phi) is 3.87. The first-order valence-electron chi connectivity index (χ1n) is 5.84. The quantitative estimate of drug-likeness (QED) is 0.916. The Labute approximate surface area is 110 Å². The van der Waals surface area contributed by atoms with Gasteiger partial charge in [0.25, 0.3) is 0 Å². The van der Waals surface area contributed by atoms with Gasteiger partial charge in [0, 0.05) is 30.1 Å². The van der Waals surface area contributed by atoms with Gasteiger partial charge in [0.05, 0.1) is 0 Å². The van der Waals surface area contributed by atoms with E-state index in [1.54, 1.807) is 23.1 Å². The van der Waals surface area contributed by atoms with E-state index in [-0.39, 0.29) is 18.2 Å². The second-order valence-corrected chi connectivity index (χ2v) is 4.92. The molecule has 0 spiro atoms. The summed E-state index contributed by atoms with van der Waals surface area (Å²) in [6, 6.07) is 7.14. The number of carbonyl (C=O) groups is 2. The number of amides is 1. The van der Waals surface area contributed by atoms with Crippen molar-refractivity contribution in [3.63, 3.8) is 0 Å². The third kappa shape index (κ3) is 3.01. The number of piperidine rings is 1. The molecule has 5 heteroatoms. The van der Waals surface area contributed by atoms with Gasteiger partial charge in [-0.1, -0.05) is 17.7 Å². The second kappa shape index (κ2) is 5.40. The van der Waals surface area contributed by atoms with Gasteiger partial charge in [-0.25, -0.2) is 0 Å². The minimum atomic E-state index is -0.844. The smallest absolute Gasteiger partial charge is 0.303 e. The summed E-state index contributed by atoms with van der Waals surface area (Å²) in [6.07, 6.45) is 1.07. The molecular weight excluding hydrogens is 254 g/mol. The predicted octanol–water partition coefficient (Wildman–Crippen LogP) is 2.56. The van der Waals surface area contributed by atoms with Crippen LogP contribution < -0.4 is 4.90 Å². The van der Waals surface area contributed by atoms with Gasteiger partial charge in [0.2, 0.25) is 5.91 Å². The van der Waals surface area contributed by atoms with Gasteiger partial charge in [-0.15, -0.1) is 0 Å². The van der Waals surface area contributed by atoms with Crippen LogP contribution in [-0.2, 0) is 9.59 Å². The molecule has 0 aromatic heterocycles. The molecule has 4 nitrogen and oxygen atoms in total. The van der Waals surface area contributed by atoms with Crippen LogP contribution >= 0.6 is 11.6 Å². The van der Waals surface area contributed by atoms with Crippen LogP contribution in [0.1, 0.15) is 19.3 Å². The molecule has 1 atom stereocenters. The van der Waals surface area contributed by atoms with Crippen molar-refractivity contribution in [3.8, 4) is 0 Å². The van der Waals surface area contributed by atoms with Crippen LogP contribution in [0.4, 0.5) is 5.69 Å². The molecule has 1 saturated heterocycles. The summed E-state index contributed by atoms with van der Waals surface area (Å²) in [5.41, 5.74) is 0.779. The van der Waals surface area contributed by atoms with E-state index in [1.165, 1.54) is 0 Å². The van der Waals surface area contributed by atoms with Crippen molar-refractivity contribution in [3.05, 3.63) is 29.3 Å². The summed E-state index contributed by atoms with van der Waals surface area (Å²) in [4.78, 5) is 24.3. The number of hydrogen-bond donors (Lipinski definition) is 1. The minimum Gasteiger partial charge on any atom is -0.481 e. The summed E-state index contributed by atoms with van der Waals surface area (Å²) in [6.45, 7) is 0.553. The lowest BCUT2D eigenvalue weighted by atomic mass is 9.93. The summed E-state index contributed by atoms with van der Waals surface area (Å²) in [5.74, 6) is -0.927. The number of carboxylic acids is 1. The average molecular weight is 268 g/mol. The van der Waals surface area contributed by atoms with E-state index < -0.39 is 5.97 Å². The fraction of sp³-hybridized carbons (Fsp3) is 0.385. The molecule has 18 heavy (non-hydrogen) atoms. The van der Waals surface area contributed by atoms with Gasteiger partial charge in [-0.3, -0.25) is 9.59 Å². The summed E-state index contributed by atoms with van der Waals surface area (Å²) in [7, 11) is 0. The van der Waals surface area contributed by atoms with Gasteiger partial charge in [0.1, 0.15) is 0 Å². The highest BCUT2D eigenvalue weighted by molar-refractivity contribution is 6.30. The molecule has 0 aliphatic carbocycles. The van der Waals surface area contributed by atoms with E-state index in [2.05, 4.69) is 0 Å². The first-order valence-corrected chi connectivity index (χ1v) is 6.22. The summed E-state index contributed by atoms with van der Waals surface area (Å²) >= 11 is 5.89. The topological polar surface area (TPSA) is 57.6 Å². The Hall–Kier alpha value is -1.55. The van der Waals surface area contributed by atoms with E-state index in [4.69, 9.17) is 16.7 Å². The number of rotatable bonds is 3.